The molecule has 0 aromatic carbocycles. The lowest BCUT2D eigenvalue weighted by Crippen LogP contribution is -2.26. The molecule has 0 aliphatic rings. The van der Waals surface area contributed by atoms with Crippen LogP contribution in [0.1, 0.15) is 28.8 Å². The Balaban J connectivity index is 1.77. The number of nitrogens with one attached hydrogen (secondary N) is 1. The van der Waals surface area contributed by atoms with Crippen LogP contribution in [0.25, 0.3) is 0 Å². The summed E-state index contributed by atoms with van der Waals surface area (Å²) in [6, 6.07) is 8.55. The van der Waals surface area contributed by atoms with Gasteiger partial charge in [-0.25, -0.2) is 0 Å². The van der Waals surface area contributed by atoms with E-state index in [0.29, 0.717) is 24.4 Å². The third kappa shape index (κ3) is 3.18. The molecule has 0 spiro atoms. The number of carbonyl (C=O) groups excluding carboxylic acids is 1. The van der Waals surface area contributed by atoms with E-state index in [2.05, 4.69) is 10.3 Å². The maximum Gasteiger partial charge on any atom is 0.269 e. The first kappa shape index (κ1) is 12.3. The minimum absolute atomic E-state index is 0.248. The minimum atomic E-state index is -0.705. The summed E-state index contributed by atoms with van der Waals surface area (Å²) in [5.74, 6) is 0.254. The molecule has 0 aliphatic carbocycles. The molecule has 18 heavy (non-hydrogen) atoms. The molecule has 0 aliphatic heterocycles. The Labute approximate surface area is 104 Å². The summed E-state index contributed by atoms with van der Waals surface area (Å²) in [6.07, 6.45) is 2.76. The number of hydrogen-bond donors (Lipinski definition) is 2. The molecular formula is C13H14N2O3. The minimum Gasteiger partial charge on any atom is -0.467 e. The van der Waals surface area contributed by atoms with Crippen LogP contribution < -0.4 is 5.32 Å². The Hall–Kier alpha value is -2.14. The van der Waals surface area contributed by atoms with Gasteiger partial charge in [0.1, 0.15) is 17.6 Å². The summed E-state index contributed by atoms with van der Waals surface area (Å²) in [5, 5.41) is 12.4. The number of aromatic nitrogens is 1. The fourth-order valence-electron chi connectivity index (χ4n) is 1.53. The quantitative estimate of drug-likeness (QED) is 0.838. The second-order valence-corrected chi connectivity index (χ2v) is 3.79. The van der Waals surface area contributed by atoms with Crippen molar-refractivity contribution >= 4 is 5.91 Å². The Bertz CT molecular complexity index is 482. The lowest BCUT2D eigenvalue weighted by Gasteiger charge is -2.08. The summed E-state index contributed by atoms with van der Waals surface area (Å²) in [7, 11) is 0. The number of nitrogens with zero attached hydrogens (tertiary/aromatic N) is 1. The van der Waals surface area contributed by atoms with E-state index >= 15 is 0 Å². The number of rotatable bonds is 5. The van der Waals surface area contributed by atoms with Gasteiger partial charge in [-0.1, -0.05) is 6.07 Å². The van der Waals surface area contributed by atoms with Gasteiger partial charge in [-0.2, -0.15) is 0 Å². The smallest absolute Gasteiger partial charge is 0.269 e. The number of pyridine rings is 1. The lowest BCUT2D eigenvalue weighted by atomic mass is 10.2. The summed E-state index contributed by atoms with van der Waals surface area (Å²) in [6.45, 7) is 0.358. The molecule has 5 heteroatoms. The summed E-state index contributed by atoms with van der Waals surface area (Å²) in [5.41, 5.74) is 0.366. The number of aliphatic hydroxyl groups is 1. The Morgan fingerprint density at radius 1 is 1.39 bits per heavy atom. The highest BCUT2D eigenvalue weighted by atomic mass is 16.4. The van der Waals surface area contributed by atoms with Crippen molar-refractivity contribution in [2.24, 2.45) is 0 Å². The molecular weight excluding hydrogens is 232 g/mol. The Morgan fingerprint density at radius 3 is 2.94 bits per heavy atom. The number of amides is 1. The molecule has 2 heterocycles. The normalized spacial score (nSPS) is 12.1. The maximum atomic E-state index is 11.6. The van der Waals surface area contributed by atoms with E-state index in [-0.39, 0.29) is 5.91 Å². The Morgan fingerprint density at radius 2 is 2.28 bits per heavy atom. The van der Waals surface area contributed by atoms with E-state index in [0.717, 1.165) is 0 Å². The van der Waals surface area contributed by atoms with Gasteiger partial charge in [-0.05, 0) is 30.7 Å². The highest BCUT2D eigenvalue weighted by molar-refractivity contribution is 5.92. The molecule has 1 amide bonds. The van der Waals surface area contributed by atoms with Crippen molar-refractivity contribution in [2.75, 3.05) is 6.54 Å². The second-order valence-electron chi connectivity index (χ2n) is 3.79. The molecule has 5 nitrogen and oxygen atoms in total. The number of carbonyl (C=O) groups is 1. The lowest BCUT2D eigenvalue weighted by molar-refractivity contribution is 0.0931. The first-order chi connectivity index (χ1) is 8.77. The van der Waals surface area contributed by atoms with E-state index < -0.39 is 6.10 Å². The van der Waals surface area contributed by atoms with Crippen LogP contribution in [0, 0.1) is 0 Å². The van der Waals surface area contributed by atoms with Gasteiger partial charge >= 0.3 is 0 Å². The van der Waals surface area contributed by atoms with Crippen molar-refractivity contribution in [3.05, 3.63) is 54.2 Å². The Kier molecular flexibility index (Phi) is 4.09. The van der Waals surface area contributed by atoms with Crippen molar-refractivity contribution in [2.45, 2.75) is 12.5 Å². The molecule has 0 saturated carbocycles. The third-order valence-electron chi connectivity index (χ3n) is 2.47. The van der Waals surface area contributed by atoms with Crippen LogP contribution in [0.3, 0.4) is 0 Å². The molecule has 0 unspecified atom stereocenters. The average Bonchev–Trinajstić information content (AvgIpc) is 2.93. The first-order valence-electron chi connectivity index (χ1n) is 5.68. The van der Waals surface area contributed by atoms with Gasteiger partial charge in [-0.15, -0.1) is 0 Å². The van der Waals surface area contributed by atoms with E-state index in [1.165, 1.54) is 6.26 Å². The van der Waals surface area contributed by atoms with Crippen LogP contribution >= 0.6 is 0 Å². The van der Waals surface area contributed by atoms with Crippen molar-refractivity contribution in [3.8, 4) is 0 Å². The SMILES string of the molecule is O=C(NCC[C@@H](O)c1ccco1)c1ccccn1. The first-order valence-corrected chi connectivity index (χ1v) is 5.68. The molecule has 2 aromatic heterocycles. The van der Waals surface area contributed by atoms with Gasteiger partial charge in [-0.3, -0.25) is 9.78 Å². The van der Waals surface area contributed by atoms with Crippen molar-refractivity contribution in [1.29, 1.82) is 0 Å². The van der Waals surface area contributed by atoms with Crippen LogP contribution in [0.15, 0.2) is 47.2 Å². The zero-order chi connectivity index (χ0) is 12.8. The molecule has 0 saturated heterocycles. The molecule has 1 atom stereocenters. The van der Waals surface area contributed by atoms with Crippen LogP contribution in [0.5, 0.6) is 0 Å². The van der Waals surface area contributed by atoms with Crippen molar-refractivity contribution < 1.29 is 14.3 Å². The fraction of sp³-hybridized carbons (Fsp3) is 0.231. The summed E-state index contributed by atoms with van der Waals surface area (Å²) in [4.78, 5) is 15.6. The van der Waals surface area contributed by atoms with Crippen LogP contribution in [0.2, 0.25) is 0 Å². The molecule has 0 fully saturated rings. The number of aliphatic hydroxyl groups excluding tert-OH is 1. The van der Waals surface area contributed by atoms with Gasteiger partial charge in [0.15, 0.2) is 0 Å². The van der Waals surface area contributed by atoms with Crippen LogP contribution in [-0.2, 0) is 0 Å². The van der Waals surface area contributed by atoms with Crippen molar-refractivity contribution in [3.63, 3.8) is 0 Å². The third-order valence-corrected chi connectivity index (χ3v) is 2.47. The summed E-state index contributed by atoms with van der Waals surface area (Å²) < 4.78 is 5.06. The van der Waals surface area contributed by atoms with E-state index in [1.807, 2.05) is 0 Å². The zero-order valence-corrected chi connectivity index (χ0v) is 9.74. The highest BCUT2D eigenvalue weighted by Gasteiger charge is 2.11. The topological polar surface area (TPSA) is 75.4 Å². The number of furan rings is 1. The largest absolute Gasteiger partial charge is 0.467 e. The van der Waals surface area contributed by atoms with E-state index in [4.69, 9.17) is 4.42 Å². The molecule has 2 N–H and O–H groups in total. The maximum absolute atomic E-state index is 11.6. The fourth-order valence-corrected chi connectivity index (χ4v) is 1.53. The molecule has 0 bridgehead atoms. The van der Waals surface area contributed by atoms with Crippen molar-refractivity contribution in [1.82, 2.24) is 10.3 Å². The van der Waals surface area contributed by atoms with E-state index in [9.17, 15) is 9.90 Å². The monoisotopic (exact) mass is 246 g/mol. The molecule has 2 rings (SSSR count). The molecule has 94 valence electrons. The zero-order valence-electron chi connectivity index (χ0n) is 9.74. The number of hydrogen-bond acceptors (Lipinski definition) is 4. The van der Waals surface area contributed by atoms with Crippen LogP contribution in [-0.4, -0.2) is 22.5 Å². The van der Waals surface area contributed by atoms with E-state index in [1.54, 1.807) is 36.5 Å². The predicted molar refractivity (Wildman–Crippen MR) is 64.9 cm³/mol. The highest BCUT2D eigenvalue weighted by Crippen LogP contribution is 2.15. The van der Waals surface area contributed by atoms with Gasteiger partial charge in [0.05, 0.1) is 6.26 Å². The van der Waals surface area contributed by atoms with Crippen LogP contribution in [0.4, 0.5) is 0 Å². The molecule has 0 radical (unpaired) electrons. The molecule has 2 aromatic rings. The average molecular weight is 246 g/mol. The van der Waals surface area contributed by atoms with Gasteiger partial charge in [0.25, 0.3) is 5.91 Å². The standard InChI is InChI=1S/C13H14N2O3/c16-11(12-5-3-9-18-12)6-8-15-13(17)10-4-1-2-7-14-10/h1-5,7,9,11,16H,6,8H2,(H,15,17)/t11-/m1/s1. The predicted octanol–water partition coefficient (Wildman–Crippen LogP) is 1.53. The summed E-state index contributed by atoms with van der Waals surface area (Å²) >= 11 is 0. The van der Waals surface area contributed by atoms with Gasteiger partial charge < -0.3 is 14.8 Å². The van der Waals surface area contributed by atoms with Gasteiger partial charge in [0.2, 0.25) is 0 Å². The van der Waals surface area contributed by atoms with Gasteiger partial charge in [0, 0.05) is 12.7 Å². The second kappa shape index (κ2) is 5.97.